The number of aryl methyl sites for hydroxylation is 1. The number of pyridine rings is 1. The van der Waals surface area contributed by atoms with E-state index in [0.717, 1.165) is 72.9 Å². The van der Waals surface area contributed by atoms with Crippen molar-refractivity contribution >= 4 is 27.5 Å². The van der Waals surface area contributed by atoms with Crippen molar-refractivity contribution in [3.63, 3.8) is 0 Å². The third-order valence-corrected chi connectivity index (χ3v) is 7.93. The number of hydrogen-bond donors (Lipinski definition) is 0. The summed E-state index contributed by atoms with van der Waals surface area (Å²) in [7, 11) is 0. The normalized spacial score (nSPS) is 13.9. The molecule has 2 aromatic heterocycles. The van der Waals surface area contributed by atoms with Crippen molar-refractivity contribution in [1.29, 1.82) is 0 Å². The van der Waals surface area contributed by atoms with Gasteiger partial charge in [-0.1, -0.05) is 32.0 Å². The van der Waals surface area contributed by atoms with E-state index >= 15 is 0 Å². The van der Waals surface area contributed by atoms with Crippen molar-refractivity contribution in [2.45, 2.75) is 72.5 Å². The predicted molar refractivity (Wildman–Crippen MR) is 168 cm³/mol. The molecule has 1 atom stereocenters. The van der Waals surface area contributed by atoms with Gasteiger partial charge in [0, 0.05) is 35.3 Å². The molecule has 0 bridgehead atoms. The van der Waals surface area contributed by atoms with E-state index in [1.54, 1.807) is 13.3 Å². The molecule has 0 amide bonds. The molecular weight excluding hydrogens is 522 g/mol. The second-order valence-corrected chi connectivity index (χ2v) is 12.5. The van der Waals surface area contributed by atoms with Crippen LogP contribution in [0.25, 0.3) is 43.9 Å². The molecule has 0 spiro atoms. The molecule has 0 aliphatic carbocycles. The fourth-order valence-electron chi connectivity index (χ4n) is 6.18. The molecule has 5 aromatic rings. The molecule has 1 aliphatic heterocycles. The van der Waals surface area contributed by atoms with Crippen molar-refractivity contribution in [1.82, 2.24) is 15.0 Å². The summed E-state index contributed by atoms with van der Waals surface area (Å²) in [4.78, 5) is 27.1. The lowest BCUT2D eigenvalue weighted by Crippen LogP contribution is -2.27. The molecule has 0 fully saturated rings. The van der Waals surface area contributed by atoms with Crippen molar-refractivity contribution < 1.29 is 14.3 Å². The Bertz CT molecular complexity index is 1840. The van der Waals surface area contributed by atoms with Gasteiger partial charge in [0.05, 0.1) is 23.4 Å². The Morgan fingerprint density at radius 3 is 2.57 bits per heavy atom. The summed E-state index contributed by atoms with van der Waals surface area (Å²) in [5.41, 5.74) is 8.47. The number of benzene rings is 3. The Kier molecular flexibility index (Phi) is 7.06. The fourth-order valence-corrected chi connectivity index (χ4v) is 6.18. The molecule has 3 aromatic carbocycles. The van der Waals surface area contributed by atoms with Gasteiger partial charge in [0.25, 0.3) is 0 Å². The van der Waals surface area contributed by atoms with Gasteiger partial charge in [-0.15, -0.1) is 0 Å². The van der Waals surface area contributed by atoms with Crippen molar-refractivity contribution in [3.8, 4) is 28.0 Å². The van der Waals surface area contributed by atoms with Gasteiger partial charge in [0.2, 0.25) is 0 Å². The molecule has 1 aliphatic rings. The maximum atomic E-state index is 13.3. The average Bonchev–Trinajstić information content (AvgIpc) is 2.95. The van der Waals surface area contributed by atoms with E-state index in [9.17, 15) is 4.79 Å². The van der Waals surface area contributed by atoms with Gasteiger partial charge in [-0.2, -0.15) is 0 Å². The van der Waals surface area contributed by atoms with Gasteiger partial charge in [0.1, 0.15) is 18.2 Å². The minimum Gasteiger partial charge on any atom is -0.493 e. The Morgan fingerprint density at radius 2 is 1.83 bits per heavy atom. The summed E-state index contributed by atoms with van der Waals surface area (Å²) in [6.45, 7) is 14.6. The smallest absolute Gasteiger partial charge is 0.163 e. The van der Waals surface area contributed by atoms with E-state index in [1.807, 2.05) is 39.2 Å². The van der Waals surface area contributed by atoms with Gasteiger partial charge in [-0.25, -0.2) is 9.97 Å². The lowest BCUT2D eigenvalue weighted by Gasteiger charge is -2.30. The largest absolute Gasteiger partial charge is 0.493 e. The molecule has 6 rings (SSSR count). The van der Waals surface area contributed by atoms with Crippen molar-refractivity contribution in [2.24, 2.45) is 0 Å². The quantitative estimate of drug-likeness (QED) is 0.208. The first-order chi connectivity index (χ1) is 20.0. The first kappa shape index (κ1) is 28.0. The van der Waals surface area contributed by atoms with E-state index in [1.165, 1.54) is 5.56 Å². The maximum absolute atomic E-state index is 13.3. The van der Waals surface area contributed by atoms with Gasteiger partial charge in [-0.3, -0.25) is 9.78 Å². The Morgan fingerprint density at radius 1 is 1.02 bits per heavy atom. The highest BCUT2D eigenvalue weighted by molar-refractivity contribution is 6.09. The molecule has 1 unspecified atom stereocenters. The molecule has 0 saturated heterocycles. The number of aromatic nitrogens is 3. The zero-order chi connectivity index (χ0) is 29.8. The minimum absolute atomic E-state index is 0.0349. The minimum atomic E-state index is -0.735. The van der Waals surface area contributed by atoms with Crippen LogP contribution in [0, 0.1) is 6.92 Å². The van der Waals surface area contributed by atoms with E-state index in [-0.39, 0.29) is 11.7 Å². The number of fused-ring (bicyclic) bond motifs is 1. The molecule has 42 heavy (non-hydrogen) atoms. The first-order valence-electron chi connectivity index (χ1n) is 14.6. The highest BCUT2D eigenvalue weighted by atomic mass is 16.5. The molecule has 3 heterocycles. The Labute approximate surface area is 247 Å². The van der Waals surface area contributed by atoms with Gasteiger partial charge in [-0.05, 0) is 103 Å². The summed E-state index contributed by atoms with van der Waals surface area (Å²) in [5.74, 6) is 1.07. The zero-order valence-electron chi connectivity index (χ0n) is 25.4. The second-order valence-electron chi connectivity index (χ2n) is 12.5. The number of Topliss-reactive ketones (excluding diaryl/α,β-unsaturated/α-hetero) is 1. The third kappa shape index (κ3) is 4.94. The topological polar surface area (TPSA) is 74.2 Å². The van der Waals surface area contributed by atoms with Gasteiger partial charge < -0.3 is 9.47 Å². The summed E-state index contributed by atoms with van der Waals surface area (Å²) in [6.07, 6.45) is 5.48. The van der Waals surface area contributed by atoms with Crippen LogP contribution in [-0.4, -0.2) is 32.9 Å². The highest BCUT2D eigenvalue weighted by Gasteiger charge is 2.31. The maximum Gasteiger partial charge on any atom is 0.163 e. The molecule has 6 heteroatoms. The number of ketones is 1. The van der Waals surface area contributed by atoms with Crippen LogP contribution < -0.4 is 4.74 Å². The van der Waals surface area contributed by atoms with Gasteiger partial charge >= 0.3 is 0 Å². The standard InChI is InChI=1S/C36H37N3O3/c1-20(2)33-28(18-37-19-39-33)24-8-9-26-25(17-24)16-21(3)30(35(22(4)40)42-36(5,6)7)32(26)27-10-11-29-31-23(13-15-41-29)12-14-38-34(27)31/h8-12,14,16-20,35H,13,15H2,1-7H3. The predicted octanol–water partition coefficient (Wildman–Crippen LogP) is 8.32. The van der Waals surface area contributed by atoms with E-state index in [2.05, 4.69) is 67.1 Å². The molecular formula is C36H37N3O3. The van der Waals surface area contributed by atoms with Gasteiger partial charge in [0.15, 0.2) is 5.78 Å². The first-order valence-corrected chi connectivity index (χ1v) is 14.6. The van der Waals surface area contributed by atoms with Crippen LogP contribution in [0.3, 0.4) is 0 Å². The van der Waals surface area contributed by atoms with Crippen molar-refractivity contribution in [2.75, 3.05) is 6.61 Å². The summed E-state index contributed by atoms with van der Waals surface area (Å²) in [5, 5.41) is 3.14. The molecule has 0 N–H and O–H groups in total. The average molecular weight is 560 g/mol. The highest BCUT2D eigenvalue weighted by Crippen LogP contribution is 2.46. The van der Waals surface area contributed by atoms with Crippen molar-refractivity contribution in [3.05, 3.63) is 83.6 Å². The lowest BCUT2D eigenvalue weighted by molar-refractivity contribution is -0.138. The van der Waals surface area contributed by atoms with E-state index in [0.29, 0.717) is 6.61 Å². The Hall–Kier alpha value is -4.16. The number of rotatable bonds is 6. The van der Waals surface area contributed by atoms with Crippen LogP contribution in [0.5, 0.6) is 5.75 Å². The van der Waals surface area contributed by atoms with E-state index < -0.39 is 11.7 Å². The molecule has 214 valence electrons. The molecule has 6 nitrogen and oxygen atoms in total. The van der Waals surface area contributed by atoms with E-state index in [4.69, 9.17) is 14.5 Å². The van der Waals surface area contributed by atoms with Crippen LogP contribution in [0.4, 0.5) is 0 Å². The monoisotopic (exact) mass is 559 g/mol. The van der Waals surface area contributed by atoms with Crippen LogP contribution in [0.15, 0.2) is 61.2 Å². The summed E-state index contributed by atoms with van der Waals surface area (Å²) >= 11 is 0. The van der Waals surface area contributed by atoms with Crippen LogP contribution in [0.2, 0.25) is 0 Å². The number of carbonyl (C=O) groups is 1. The summed E-state index contributed by atoms with van der Waals surface area (Å²) < 4.78 is 12.5. The SMILES string of the molecule is CC(=O)C(OC(C)(C)C)c1c(C)cc2cc(-c3cncnc3C(C)C)ccc2c1-c1ccc2c3c(ccnc13)CCO2. The second kappa shape index (κ2) is 10.6. The number of ether oxygens (including phenoxy) is 2. The molecule has 0 saturated carbocycles. The number of hydrogen-bond acceptors (Lipinski definition) is 6. The van der Waals surface area contributed by atoms with Crippen LogP contribution in [0.1, 0.15) is 75.9 Å². The zero-order valence-corrected chi connectivity index (χ0v) is 25.4. The third-order valence-electron chi connectivity index (χ3n) is 7.93. The molecule has 0 radical (unpaired) electrons. The fraction of sp³-hybridized carbons (Fsp3) is 0.333. The number of nitrogens with zero attached hydrogens (tertiary/aromatic N) is 3. The Balaban J connectivity index is 1.69. The number of carbonyl (C=O) groups excluding carboxylic acids is 1. The van der Waals surface area contributed by atoms with Crippen LogP contribution in [-0.2, 0) is 16.0 Å². The summed E-state index contributed by atoms with van der Waals surface area (Å²) in [6, 6.07) is 14.9. The lowest BCUT2D eigenvalue weighted by atomic mass is 9.84. The van der Waals surface area contributed by atoms with Crippen LogP contribution >= 0.6 is 0 Å².